The molecular weight excluding hydrogens is 236 g/mol. The smallest absolute Gasteiger partial charge is 0.325 e. The molecule has 5 heteroatoms. The predicted molar refractivity (Wildman–Crippen MR) is 72.0 cm³/mol. The number of carbonyl (C=O) groups excluding carboxylic acids is 1. The van der Waals surface area contributed by atoms with Crippen LogP contribution in [0, 0.1) is 6.92 Å². The summed E-state index contributed by atoms with van der Waals surface area (Å²) in [7, 11) is 0. The van der Waals surface area contributed by atoms with Crippen molar-refractivity contribution in [2.75, 3.05) is 18.5 Å². The van der Waals surface area contributed by atoms with Crippen LogP contribution >= 0.6 is 12.2 Å². The van der Waals surface area contributed by atoms with Gasteiger partial charge in [-0.2, -0.15) is 0 Å². The first kappa shape index (κ1) is 13.4. The molecule has 4 nitrogen and oxygen atoms in total. The number of hydrogen-bond donors (Lipinski definition) is 2. The van der Waals surface area contributed by atoms with E-state index in [1.54, 1.807) is 6.92 Å². The van der Waals surface area contributed by atoms with Crippen LogP contribution in [-0.4, -0.2) is 24.2 Å². The third kappa shape index (κ3) is 4.82. The van der Waals surface area contributed by atoms with Gasteiger partial charge in [0.2, 0.25) is 0 Å². The second-order valence-electron chi connectivity index (χ2n) is 3.43. The van der Waals surface area contributed by atoms with Crippen LogP contribution in [0.15, 0.2) is 24.3 Å². The molecule has 1 aromatic carbocycles. The lowest BCUT2D eigenvalue weighted by atomic mass is 10.2. The van der Waals surface area contributed by atoms with Crippen molar-refractivity contribution in [3.63, 3.8) is 0 Å². The van der Waals surface area contributed by atoms with Crippen LogP contribution < -0.4 is 10.6 Å². The predicted octanol–water partition coefficient (Wildman–Crippen LogP) is 1.84. The summed E-state index contributed by atoms with van der Waals surface area (Å²) >= 11 is 5.07. The summed E-state index contributed by atoms with van der Waals surface area (Å²) in [6.45, 7) is 4.20. The van der Waals surface area contributed by atoms with Crippen molar-refractivity contribution < 1.29 is 9.53 Å². The normalized spacial score (nSPS) is 9.53. The average Bonchev–Trinajstić information content (AvgIpc) is 2.30. The minimum Gasteiger partial charge on any atom is -0.465 e. The quantitative estimate of drug-likeness (QED) is 0.632. The van der Waals surface area contributed by atoms with Crippen molar-refractivity contribution in [2.24, 2.45) is 0 Å². The van der Waals surface area contributed by atoms with E-state index < -0.39 is 0 Å². The first-order chi connectivity index (χ1) is 8.13. The number of aryl methyl sites for hydroxylation is 1. The van der Waals surface area contributed by atoms with Gasteiger partial charge in [-0.15, -0.1) is 0 Å². The SMILES string of the molecule is CCOC(=O)CNC(=S)Nc1ccccc1C. The first-order valence-corrected chi connectivity index (χ1v) is 5.80. The molecule has 0 fully saturated rings. The molecule has 0 radical (unpaired) electrons. The van der Waals surface area contributed by atoms with Gasteiger partial charge in [0.25, 0.3) is 0 Å². The zero-order valence-corrected chi connectivity index (χ0v) is 10.8. The third-order valence-electron chi connectivity index (χ3n) is 2.09. The number of benzene rings is 1. The van der Waals surface area contributed by atoms with E-state index in [0.29, 0.717) is 11.7 Å². The average molecular weight is 252 g/mol. The lowest BCUT2D eigenvalue weighted by molar-refractivity contribution is -0.141. The van der Waals surface area contributed by atoms with Crippen LogP contribution in [0.4, 0.5) is 5.69 Å². The minimum atomic E-state index is -0.318. The van der Waals surface area contributed by atoms with Crippen LogP contribution in [0.3, 0.4) is 0 Å². The molecular formula is C12H16N2O2S. The Morgan fingerprint density at radius 2 is 2.12 bits per heavy atom. The fourth-order valence-corrected chi connectivity index (χ4v) is 1.43. The molecule has 0 saturated carbocycles. The highest BCUT2D eigenvalue weighted by Gasteiger charge is 2.03. The van der Waals surface area contributed by atoms with E-state index in [4.69, 9.17) is 17.0 Å². The van der Waals surface area contributed by atoms with E-state index in [9.17, 15) is 4.79 Å². The molecule has 0 aliphatic heterocycles. The van der Waals surface area contributed by atoms with E-state index >= 15 is 0 Å². The summed E-state index contributed by atoms with van der Waals surface area (Å²) in [6.07, 6.45) is 0. The van der Waals surface area contributed by atoms with Gasteiger partial charge < -0.3 is 15.4 Å². The van der Waals surface area contributed by atoms with Crippen LogP contribution in [0.25, 0.3) is 0 Å². The van der Waals surface area contributed by atoms with Gasteiger partial charge in [0.1, 0.15) is 6.54 Å². The topological polar surface area (TPSA) is 50.4 Å². The molecule has 0 atom stereocenters. The molecule has 0 heterocycles. The van der Waals surface area contributed by atoms with Gasteiger partial charge in [-0.3, -0.25) is 4.79 Å². The summed E-state index contributed by atoms with van der Waals surface area (Å²) in [6, 6.07) is 7.78. The summed E-state index contributed by atoms with van der Waals surface area (Å²) in [5.41, 5.74) is 2.02. The van der Waals surface area contributed by atoms with E-state index in [1.807, 2.05) is 31.2 Å². The second kappa shape index (κ2) is 6.85. The Balaban J connectivity index is 2.40. The number of para-hydroxylation sites is 1. The fourth-order valence-electron chi connectivity index (χ4n) is 1.24. The summed E-state index contributed by atoms with van der Waals surface area (Å²) < 4.78 is 4.78. The number of esters is 1. The lowest BCUT2D eigenvalue weighted by Crippen LogP contribution is -2.34. The zero-order chi connectivity index (χ0) is 12.7. The molecule has 1 rings (SSSR count). The number of nitrogens with one attached hydrogen (secondary N) is 2. The number of rotatable bonds is 4. The first-order valence-electron chi connectivity index (χ1n) is 5.39. The number of anilines is 1. The van der Waals surface area contributed by atoms with Crippen molar-refractivity contribution in [1.29, 1.82) is 0 Å². The van der Waals surface area contributed by atoms with Crippen molar-refractivity contribution in [3.05, 3.63) is 29.8 Å². The Kier molecular flexibility index (Phi) is 5.42. The highest BCUT2D eigenvalue weighted by atomic mass is 32.1. The Labute approximate surface area is 106 Å². The highest BCUT2D eigenvalue weighted by Crippen LogP contribution is 2.12. The Hall–Kier alpha value is -1.62. The van der Waals surface area contributed by atoms with Crippen molar-refractivity contribution in [2.45, 2.75) is 13.8 Å². The molecule has 1 aromatic rings. The van der Waals surface area contributed by atoms with E-state index in [0.717, 1.165) is 11.3 Å². The molecule has 0 saturated heterocycles. The van der Waals surface area contributed by atoms with Gasteiger partial charge in [-0.05, 0) is 37.7 Å². The van der Waals surface area contributed by atoms with Crippen molar-refractivity contribution in [3.8, 4) is 0 Å². The van der Waals surface area contributed by atoms with Crippen LogP contribution in [0.1, 0.15) is 12.5 Å². The molecule has 0 aliphatic carbocycles. The number of thiocarbonyl (C=S) groups is 1. The molecule has 0 unspecified atom stereocenters. The van der Waals surface area contributed by atoms with E-state index in [-0.39, 0.29) is 12.5 Å². The maximum Gasteiger partial charge on any atom is 0.325 e. The highest BCUT2D eigenvalue weighted by molar-refractivity contribution is 7.80. The largest absolute Gasteiger partial charge is 0.465 e. The van der Waals surface area contributed by atoms with Crippen molar-refractivity contribution >= 4 is 29.0 Å². The molecule has 0 aromatic heterocycles. The van der Waals surface area contributed by atoms with Gasteiger partial charge in [0.05, 0.1) is 6.61 Å². The third-order valence-corrected chi connectivity index (χ3v) is 2.34. The van der Waals surface area contributed by atoms with Gasteiger partial charge >= 0.3 is 5.97 Å². The molecule has 0 aliphatic rings. The molecule has 92 valence electrons. The standard InChI is InChI=1S/C12H16N2O2S/c1-3-16-11(15)8-13-12(17)14-10-7-5-4-6-9(10)2/h4-7H,3,8H2,1-2H3,(H2,13,14,17). The van der Waals surface area contributed by atoms with Gasteiger partial charge in [-0.25, -0.2) is 0 Å². The van der Waals surface area contributed by atoms with Crippen LogP contribution in [-0.2, 0) is 9.53 Å². The summed E-state index contributed by atoms with van der Waals surface area (Å²) in [5.74, 6) is -0.318. The molecule has 0 spiro atoms. The summed E-state index contributed by atoms with van der Waals surface area (Å²) in [5, 5.41) is 6.22. The molecule has 0 bridgehead atoms. The van der Waals surface area contributed by atoms with Crippen molar-refractivity contribution in [1.82, 2.24) is 5.32 Å². The Morgan fingerprint density at radius 1 is 1.41 bits per heavy atom. The summed E-state index contributed by atoms with van der Waals surface area (Å²) in [4.78, 5) is 11.1. The molecule has 17 heavy (non-hydrogen) atoms. The Bertz CT molecular complexity index is 407. The van der Waals surface area contributed by atoms with Gasteiger partial charge in [0.15, 0.2) is 5.11 Å². The zero-order valence-electron chi connectivity index (χ0n) is 9.95. The van der Waals surface area contributed by atoms with Crippen LogP contribution in [0.5, 0.6) is 0 Å². The van der Waals surface area contributed by atoms with Crippen LogP contribution in [0.2, 0.25) is 0 Å². The second-order valence-corrected chi connectivity index (χ2v) is 3.84. The fraction of sp³-hybridized carbons (Fsp3) is 0.333. The maximum absolute atomic E-state index is 11.1. The van der Waals surface area contributed by atoms with E-state index in [2.05, 4.69) is 10.6 Å². The van der Waals surface area contributed by atoms with E-state index in [1.165, 1.54) is 0 Å². The lowest BCUT2D eigenvalue weighted by Gasteiger charge is -2.11. The molecule has 2 N–H and O–H groups in total. The number of carbonyl (C=O) groups is 1. The maximum atomic E-state index is 11.1. The Morgan fingerprint density at radius 3 is 2.76 bits per heavy atom. The molecule has 0 amide bonds. The van der Waals surface area contributed by atoms with Gasteiger partial charge in [0, 0.05) is 5.69 Å². The number of ether oxygens (including phenoxy) is 1. The monoisotopic (exact) mass is 252 g/mol. The number of hydrogen-bond acceptors (Lipinski definition) is 3. The van der Waals surface area contributed by atoms with Gasteiger partial charge in [-0.1, -0.05) is 18.2 Å². The minimum absolute atomic E-state index is 0.0750.